The first-order valence-corrected chi connectivity index (χ1v) is 9.71. The van der Waals surface area contributed by atoms with Crippen molar-refractivity contribution in [1.82, 2.24) is 9.88 Å². The minimum absolute atomic E-state index is 0.0240. The Balaban J connectivity index is 1.57. The highest BCUT2D eigenvalue weighted by atomic mass is 32.2. The van der Waals surface area contributed by atoms with Gasteiger partial charge in [-0.15, -0.1) is 0 Å². The number of amidine groups is 1. The summed E-state index contributed by atoms with van der Waals surface area (Å²) in [5.41, 5.74) is 2.25. The van der Waals surface area contributed by atoms with E-state index in [2.05, 4.69) is 10.3 Å². The van der Waals surface area contributed by atoms with E-state index in [0.29, 0.717) is 15.8 Å². The second kappa shape index (κ2) is 8.26. The second-order valence-corrected chi connectivity index (χ2v) is 7.29. The number of hydrogen-bond acceptors (Lipinski definition) is 6. The molecule has 0 aliphatic carbocycles. The zero-order chi connectivity index (χ0) is 21.1. The van der Waals surface area contributed by atoms with Gasteiger partial charge in [-0.05, 0) is 66.4 Å². The smallest absolute Gasteiger partial charge is 0.269 e. The van der Waals surface area contributed by atoms with Gasteiger partial charge in [0.1, 0.15) is 5.75 Å². The monoisotopic (exact) mass is 420 g/mol. The van der Waals surface area contributed by atoms with Crippen LogP contribution >= 0.6 is 11.8 Å². The van der Waals surface area contributed by atoms with Crippen molar-refractivity contribution in [1.29, 1.82) is 0 Å². The molecule has 1 saturated heterocycles. The minimum atomic E-state index is -0.439. The number of methoxy groups -OCH3 is 1. The molecule has 0 spiro atoms. The van der Waals surface area contributed by atoms with Crippen molar-refractivity contribution in [3.63, 3.8) is 0 Å². The van der Waals surface area contributed by atoms with Crippen molar-refractivity contribution in [2.75, 3.05) is 7.11 Å². The average Bonchev–Trinajstić information content (AvgIpc) is 3.35. The third kappa shape index (κ3) is 4.11. The number of aliphatic imine (C=N–C) groups is 1. The molecule has 0 unspecified atom stereocenters. The van der Waals surface area contributed by atoms with Crippen LogP contribution in [0.1, 0.15) is 5.69 Å². The standard InChI is InChI=1S/C21H16N4O4S/c1-29-18-10-4-14(5-11-18)22-21-23-20(26)19(30-21)13-17-3-2-12-24(17)15-6-8-16(9-7-15)25(27)28/h2-13H,1H3,(H,22,23,26)/b19-13+. The molecule has 0 radical (unpaired) electrons. The van der Waals surface area contributed by atoms with Gasteiger partial charge >= 0.3 is 0 Å². The molecule has 150 valence electrons. The zero-order valence-electron chi connectivity index (χ0n) is 15.8. The Hall–Kier alpha value is -3.85. The number of amides is 1. The number of rotatable bonds is 5. The fourth-order valence-corrected chi connectivity index (χ4v) is 3.70. The lowest BCUT2D eigenvalue weighted by molar-refractivity contribution is -0.384. The molecular weight excluding hydrogens is 404 g/mol. The Labute approximate surface area is 176 Å². The molecule has 1 aromatic heterocycles. The number of ether oxygens (including phenoxy) is 1. The fraction of sp³-hybridized carbons (Fsp3) is 0.0476. The van der Waals surface area contributed by atoms with Crippen LogP contribution in [0.4, 0.5) is 11.4 Å². The van der Waals surface area contributed by atoms with Gasteiger partial charge in [0, 0.05) is 29.7 Å². The zero-order valence-corrected chi connectivity index (χ0v) is 16.6. The quantitative estimate of drug-likeness (QED) is 0.377. The van der Waals surface area contributed by atoms with Crippen LogP contribution in [0.2, 0.25) is 0 Å². The largest absolute Gasteiger partial charge is 0.497 e. The van der Waals surface area contributed by atoms with Crippen LogP contribution in [0.3, 0.4) is 0 Å². The first kappa shape index (κ1) is 19.5. The number of nitro groups is 1. The number of non-ortho nitro benzene ring substituents is 1. The lowest BCUT2D eigenvalue weighted by atomic mass is 10.2. The van der Waals surface area contributed by atoms with Crippen LogP contribution in [0.15, 0.2) is 76.8 Å². The number of benzene rings is 2. The van der Waals surface area contributed by atoms with Gasteiger partial charge in [0.25, 0.3) is 11.6 Å². The van der Waals surface area contributed by atoms with E-state index in [9.17, 15) is 14.9 Å². The van der Waals surface area contributed by atoms with Crippen molar-refractivity contribution < 1.29 is 14.5 Å². The summed E-state index contributed by atoms with van der Waals surface area (Å²) in [6.45, 7) is 0. The Morgan fingerprint density at radius 3 is 2.53 bits per heavy atom. The van der Waals surface area contributed by atoms with Gasteiger partial charge in [0.2, 0.25) is 0 Å². The summed E-state index contributed by atoms with van der Waals surface area (Å²) in [5, 5.41) is 14.1. The highest BCUT2D eigenvalue weighted by Gasteiger charge is 2.24. The second-order valence-electron chi connectivity index (χ2n) is 6.26. The van der Waals surface area contributed by atoms with Crippen molar-refractivity contribution in [2.45, 2.75) is 0 Å². The van der Waals surface area contributed by atoms with Gasteiger partial charge in [-0.2, -0.15) is 0 Å². The number of thioether (sulfide) groups is 1. The van der Waals surface area contributed by atoms with Gasteiger partial charge in [-0.25, -0.2) is 4.99 Å². The maximum Gasteiger partial charge on any atom is 0.269 e. The third-order valence-electron chi connectivity index (χ3n) is 4.35. The summed E-state index contributed by atoms with van der Waals surface area (Å²) in [6, 6.07) is 17.1. The highest BCUT2D eigenvalue weighted by Crippen LogP contribution is 2.29. The topological polar surface area (TPSA) is 98.8 Å². The Morgan fingerprint density at radius 1 is 1.13 bits per heavy atom. The summed E-state index contributed by atoms with van der Waals surface area (Å²) in [5.74, 6) is 0.498. The van der Waals surface area contributed by atoms with Crippen LogP contribution in [0.5, 0.6) is 5.75 Å². The van der Waals surface area contributed by atoms with E-state index < -0.39 is 4.92 Å². The molecule has 1 aliphatic heterocycles. The summed E-state index contributed by atoms with van der Waals surface area (Å²) in [6.07, 6.45) is 3.59. The number of nitrogens with one attached hydrogen (secondary N) is 1. The molecule has 2 heterocycles. The molecule has 1 fully saturated rings. The molecule has 0 atom stereocenters. The number of aromatic nitrogens is 1. The van der Waals surface area contributed by atoms with Crippen LogP contribution in [0, 0.1) is 10.1 Å². The Bertz CT molecular complexity index is 1160. The molecule has 4 rings (SSSR count). The number of nitro benzene ring substituents is 1. The average molecular weight is 420 g/mol. The lowest BCUT2D eigenvalue weighted by Gasteiger charge is -2.06. The van der Waals surface area contributed by atoms with Gasteiger partial charge < -0.3 is 14.6 Å². The van der Waals surface area contributed by atoms with E-state index in [0.717, 1.165) is 17.1 Å². The normalized spacial score (nSPS) is 16.1. The molecule has 8 nitrogen and oxygen atoms in total. The van der Waals surface area contributed by atoms with E-state index in [1.807, 2.05) is 22.9 Å². The van der Waals surface area contributed by atoms with Crippen LogP contribution in [0.25, 0.3) is 11.8 Å². The van der Waals surface area contributed by atoms with Crippen molar-refractivity contribution >= 4 is 40.3 Å². The van der Waals surface area contributed by atoms with E-state index in [-0.39, 0.29) is 11.6 Å². The molecular formula is C21H16N4O4S. The molecule has 0 bridgehead atoms. The summed E-state index contributed by atoms with van der Waals surface area (Å²) >= 11 is 1.25. The minimum Gasteiger partial charge on any atom is -0.497 e. The number of carbonyl (C=O) groups excluding carboxylic acids is 1. The van der Waals surface area contributed by atoms with E-state index in [1.165, 1.54) is 23.9 Å². The van der Waals surface area contributed by atoms with Crippen LogP contribution in [-0.2, 0) is 4.79 Å². The molecule has 1 N–H and O–H groups in total. The van der Waals surface area contributed by atoms with Gasteiger partial charge in [-0.3, -0.25) is 14.9 Å². The van der Waals surface area contributed by atoms with Gasteiger partial charge in [-0.1, -0.05) is 0 Å². The summed E-state index contributed by atoms with van der Waals surface area (Å²) < 4.78 is 6.98. The predicted molar refractivity (Wildman–Crippen MR) is 116 cm³/mol. The van der Waals surface area contributed by atoms with Crippen molar-refractivity contribution in [3.05, 3.63) is 87.6 Å². The number of hydrogen-bond donors (Lipinski definition) is 1. The number of carbonyl (C=O) groups is 1. The fourth-order valence-electron chi connectivity index (χ4n) is 2.87. The summed E-state index contributed by atoms with van der Waals surface area (Å²) in [7, 11) is 1.59. The Morgan fingerprint density at radius 2 is 1.87 bits per heavy atom. The molecule has 2 aromatic carbocycles. The Kier molecular flexibility index (Phi) is 5.36. The van der Waals surface area contributed by atoms with Crippen molar-refractivity contribution in [3.8, 4) is 11.4 Å². The molecule has 1 amide bonds. The van der Waals surface area contributed by atoms with E-state index in [1.54, 1.807) is 49.6 Å². The predicted octanol–water partition coefficient (Wildman–Crippen LogP) is 4.29. The summed E-state index contributed by atoms with van der Waals surface area (Å²) in [4.78, 5) is 27.7. The molecule has 1 aliphatic rings. The molecule has 30 heavy (non-hydrogen) atoms. The first-order chi connectivity index (χ1) is 14.5. The van der Waals surface area contributed by atoms with Crippen LogP contribution < -0.4 is 10.1 Å². The van der Waals surface area contributed by atoms with Gasteiger partial charge in [0.15, 0.2) is 5.17 Å². The first-order valence-electron chi connectivity index (χ1n) is 8.89. The molecule has 0 saturated carbocycles. The van der Waals surface area contributed by atoms with Gasteiger partial charge in [0.05, 0.1) is 22.6 Å². The lowest BCUT2D eigenvalue weighted by Crippen LogP contribution is -2.19. The van der Waals surface area contributed by atoms with Crippen molar-refractivity contribution in [2.24, 2.45) is 4.99 Å². The van der Waals surface area contributed by atoms with Crippen LogP contribution in [-0.4, -0.2) is 27.7 Å². The highest BCUT2D eigenvalue weighted by molar-refractivity contribution is 8.18. The maximum atomic E-state index is 12.4. The van der Waals surface area contributed by atoms with E-state index >= 15 is 0 Å². The maximum absolute atomic E-state index is 12.4. The van der Waals surface area contributed by atoms with E-state index in [4.69, 9.17) is 4.74 Å². The molecule has 9 heteroatoms. The third-order valence-corrected chi connectivity index (χ3v) is 5.26. The SMILES string of the molecule is COc1ccc(N=C2NC(=O)/C(=C\c3cccn3-c3ccc([N+](=O)[O-])cc3)S2)cc1. The molecule has 3 aromatic rings. The number of nitrogens with zero attached hydrogens (tertiary/aromatic N) is 3.